The molecule has 106 valence electrons. The Balaban J connectivity index is 2.51. The van der Waals surface area contributed by atoms with E-state index in [0.29, 0.717) is 6.61 Å². The van der Waals surface area contributed by atoms with Crippen molar-refractivity contribution in [3.8, 4) is 6.07 Å². The van der Waals surface area contributed by atoms with Crippen LogP contribution < -0.4 is 0 Å². The molecule has 1 aromatic rings. The van der Waals surface area contributed by atoms with E-state index in [-0.39, 0.29) is 29.8 Å². The van der Waals surface area contributed by atoms with Crippen LogP contribution in [0, 0.1) is 17.1 Å². The summed E-state index contributed by atoms with van der Waals surface area (Å²) < 4.78 is 18.0. The minimum absolute atomic E-state index is 0.0121. The van der Waals surface area contributed by atoms with Crippen molar-refractivity contribution < 1.29 is 18.7 Å². The van der Waals surface area contributed by atoms with E-state index in [4.69, 9.17) is 10.00 Å². The van der Waals surface area contributed by atoms with E-state index in [1.165, 1.54) is 12.1 Å². The molecule has 0 aliphatic rings. The average molecular weight is 277 g/mol. The van der Waals surface area contributed by atoms with E-state index in [0.717, 1.165) is 18.9 Å². The number of nitrogens with zero attached hydrogens (tertiary/aromatic N) is 1. The standard InChI is InChI=1S/C15H16FNO3/c1-2-3-8-20-15(19)7-6-14(18)11-4-5-13(16)12(9-11)10-17/h4-5,9H,2-3,6-8H2,1H3. The molecule has 0 bridgehead atoms. The van der Waals surface area contributed by atoms with Crippen molar-refractivity contribution in [2.24, 2.45) is 0 Å². The van der Waals surface area contributed by atoms with Crippen LogP contribution in [0.1, 0.15) is 48.5 Å². The summed E-state index contributed by atoms with van der Waals surface area (Å²) in [5.41, 5.74) is 0.0469. The first-order valence-corrected chi connectivity index (χ1v) is 6.47. The van der Waals surface area contributed by atoms with Crippen molar-refractivity contribution in [3.05, 3.63) is 35.1 Å². The summed E-state index contributed by atoms with van der Waals surface area (Å²) in [5.74, 6) is -1.40. The molecule has 0 saturated carbocycles. The van der Waals surface area contributed by atoms with Crippen LogP contribution in [0.2, 0.25) is 0 Å². The molecule has 0 N–H and O–H groups in total. The lowest BCUT2D eigenvalue weighted by Gasteiger charge is -2.04. The number of hydrogen-bond acceptors (Lipinski definition) is 4. The van der Waals surface area contributed by atoms with Gasteiger partial charge in [0, 0.05) is 12.0 Å². The van der Waals surface area contributed by atoms with Crippen molar-refractivity contribution in [2.45, 2.75) is 32.6 Å². The highest BCUT2D eigenvalue weighted by atomic mass is 19.1. The number of Topliss-reactive ketones (excluding diaryl/α,β-unsaturated/α-hetero) is 1. The Morgan fingerprint density at radius 1 is 1.35 bits per heavy atom. The summed E-state index contributed by atoms with van der Waals surface area (Å²) >= 11 is 0. The maximum absolute atomic E-state index is 13.1. The Morgan fingerprint density at radius 2 is 2.10 bits per heavy atom. The second-order valence-electron chi connectivity index (χ2n) is 4.30. The molecule has 4 nitrogen and oxygen atoms in total. The van der Waals surface area contributed by atoms with Crippen LogP contribution in [0.25, 0.3) is 0 Å². The summed E-state index contributed by atoms with van der Waals surface area (Å²) in [5, 5.41) is 8.69. The number of halogens is 1. The first-order chi connectivity index (χ1) is 9.58. The Labute approximate surface area is 117 Å². The number of esters is 1. The molecule has 0 fully saturated rings. The molecule has 0 aliphatic heterocycles. The summed E-state index contributed by atoms with van der Waals surface area (Å²) in [4.78, 5) is 23.2. The first kappa shape index (κ1) is 15.8. The zero-order chi connectivity index (χ0) is 15.0. The van der Waals surface area contributed by atoms with Gasteiger partial charge in [0.2, 0.25) is 0 Å². The van der Waals surface area contributed by atoms with E-state index in [2.05, 4.69) is 0 Å². The van der Waals surface area contributed by atoms with E-state index in [1.807, 2.05) is 6.92 Å². The fourth-order valence-corrected chi connectivity index (χ4v) is 1.55. The predicted octanol–water partition coefficient (Wildman–Crippen LogP) is 3.00. The number of ketones is 1. The molecule has 0 unspecified atom stereocenters. The zero-order valence-corrected chi connectivity index (χ0v) is 11.3. The lowest BCUT2D eigenvalue weighted by Crippen LogP contribution is -2.09. The quantitative estimate of drug-likeness (QED) is 0.436. The van der Waals surface area contributed by atoms with Gasteiger partial charge in [0.05, 0.1) is 18.6 Å². The molecule has 0 heterocycles. The van der Waals surface area contributed by atoms with Crippen LogP contribution in [-0.2, 0) is 9.53 Å². The fraction of sp³-hybridized carbons (Fsp3) is 0.400. The fourth-order valence-electron chi connectivity index (χ4n) is 1.55. The van der Waals surface area contributed by atoms with Gasteiger partial charge >= 0.3 is 5.97 Å². The number of nitriles is 1. The van der Waals surface area contributed by atoms with Gasteiger partial charge in [-0.15, -0.1) is 0 Å². The number of benzene rings is 1. The molecular formula is C15H16FNO3. The largest absolute Gasteiger partial charge is 0.466 e. The van der Waals surface area contributed by atoms with Crippen molar-refractivity contribution in [1.29, 1.82) is 5.26 Å². The summed E-state index contributed by atoms with van der Waals surface area (Å²) in [7, 11) is 0. The van der Waals surface area contributed by atoms with Gasteiger partial charge in [-0.1, -0.05) is 13.3 Å². The van der Waals surface area contributed by atoms with Crippen LogP contribution in [0.5, 0.6) is 0 Å². The number of carbonyl (C=O) groups excluding carboxylic acids is 2. The van der Waals surface area contributed by atoms with E-state index in [1.54, 1.807) is 6.07 Å². The summed E-state index contributed by atoms with van der Waals surface area (Å²) in [6.07, 6.45) is 1.70. The Morgan fingerprint density at radius 3 is 2.75 bits per heavy atom. The van der Waals surface area contributed by atoms with E-state index >= 15 is 0 Å². The molecule has 0 aromatic heterocycles. The third kappa shape index (κ3) is 4.81. The van der Waals surface area contributed by atoms with Crippen molar-refractivity contribution in [2.75, 3.05) is 6.61 Å². The number of unbranched alkanes of at least 4 members (excludes halogenated alkanes) is 1. The SMILES string of the molecule is CCCCOC(=O)CCC(=O)c1ccc(F)c(C#N)c1. The highest BCUT2D eigenvalue weighted by Crippen LogP contribution is 2.12. The zero-order valence-electron chi connectivity index (χ0n) is 11.3. The second kappa shape index (κ2) is 8.05. The number of hydrogen-bond donors (Lipinski definition) is 0. The van der Waals surface area contributed by atoms with Gasteiger partial charge in [-0.3, -0.25) is 9.59 Å². The van der Waals surface area contributed by atoms with Crippen LogP contribution >= 0.6 is 0 Å². The van der Waals surface area contributed by atoms with Crippen LogP contribution in [0.4, 0.5) is 4.39 Å². The van der Waals surface area contributed by atoms with E-state index < -0.39 is 11.8 Å². The van der Waals surface area contributed by atoms with Gasteiger partial charge in [0.25, 0.3) is 0 Å². The molecule has 5 heteroatoms. The normalized spacial score (nSPS) is 9.85. The molecule has 0 saturated heterocycles. The lowest BCUT2D eigenvalue weighted by atomic mass is 10.0. The summed E-state index contributed by atoms with van der Waals surface area (Å²) in [6.45, 7) is 2.34. The van der Waals surface area contributed by atoms with Gasteiger partial charge < -0.3 is 4.74 Å². The van der Waals surface area contributed by atoms with Crippen LogP contribution in [-0.4, -0.2) is 18.4 Å². The minimum atomic E-state index is -0.664. The Bertz CT molecular complexity index is 534. The average Bonchev–Trinajstić information content (AvgIpc) is 2.45. The van der Waals surface area contributed by atoms with Crippen molar-refractivity contribution in [1.82, 2.24) is 0 Å². The second-order valence-corrected chi connectivity index (χ2v) is 4.30. The van der Waals surface area contributed by atoms with Crippen LogP contribution in [0.15, 0.2) is 18.2 Å². The molecule has 1 aromatic carbocycles. The maximum atomic E-state index is 13.1. The molecule has 1 rings (SSSR count). The summed E-state index contributed by atoms with van der Waals surface area (Å²) in [6, 6.07) is 5.25. The van der Waals surface area contributed by atoms with Gasteiger partial charge in [-0.2, -0.15) is 5.26 Å². The molecule has 0 aliphatic carbocycles. The van der Waals surface area contributed by atoms with Crippen molar-refractivity contribution >= 4 is 11.8 Å². The highest BCUT2D eigenvalue weighted by Gasteiger charge is 2.12. The van der Waals surface area contributed by atoms with Gasteiger partial charge in [0.15, 0.2) is 5.78 Å². The first-order valence-electron chi connectivity index (χ1n) is 6.47. The van der Waals surface area contributed by atoms with Crippen LogP contribution in [0.3, 0.4) is 0 Å². The highest BCUT2D eigenvalue weighted by molar-refractivity contribution is 5.97. The number of ether oxygens (including phenoxy) is 1. The predicted molar refractivity (Wildman–Crippen MR) is 70.5 cm³/mol. The maximum Gasteiger partial charge on any atom is 0.306 e. The topological polar surface area (TPSA) is 67.2 Å². The van der Waals surface area contributed by atoms with Gasteiger partial charge in [0.1, 0.15) is 11.9 Å². The Kier molecular flexibility index (Phi) is 6.38. The Hall–Kier alpha value is -2.22. The van der Waals surface area contributed by atoms with Gasteiger partial charge in [-0.25, -0.2) is 4.39 Å². The van der Waals surface area contributed by atoms with E-state index in [9.17, 15) is 14.0 Å². The molecular weight excluding hydrogens is 261 g/mol. The molecule has 0 spiro atoms. The number of carbonyl (C=O) groups is 2. The molecule has 0 atom stereocenters. The third-order valence-electron chi connectivity index (χ3n) is 2.73. The monoisotopic (exact) mass is 277 g/mol. The molecule has 0 radical (unpaired) electrons. The third-order valence-corrected chi connectivity index (χ3v) is 2.73. The van der Waals surface area contributed by atoms with Gasteiger partial charge in [-0.05, 0) is 24.6 Å². The van der Waals surface area contributed by atoms with Crippen molar-refractivity contribution in [3.63, 3.8) is 0 Å². The molecule has 20 heavy (non-hydrogen) atoms. The number of rotatable bonds is 7. The minimum Gasteiger partial charge on any atom is -0.466 e. The molecule has 0 amide bonds. The smallest absolute Gasteiger partial charge is 0.306 e. The lowest BCUT2D eigenvalue weighted by molar-refractivity contribution is -0.143.